The smallest absolute Gasteiger partial charge is 0.309 e. The van der Waals surface area contributed by atoms with Crippen molar-refractivity contribution in [3.05, 3.63) is 35.9 Å². The van der Waals surface area contributed by atoms with Crippen molar-refractivity contribution in [2.24, 2.45) is 5.92 Å². The van der Waals surface area contributed by atoms with E-state index >= 15 is 0 Å². The molecule has 2 rings (SSSR count). The Kier molecular flexibility index (Phi) is 4.34. The number of carbonyl (C=O) groups is 2. The number of ether oxygens (including phenoxy) is 2. The van der Waals surface area contributed by atoms with Gasteiger partial charge in [-0.3, -0.25) is 9.59 Å². The van der Waals surface area contributed by atoms with Gasteiger partial charge in [0.1, 0.15) is 6.61 Å². The van der Waals surface area contributed by atoms with E-state index in [1.165, 1.54) is 0 Å². The predicted octanol–water partition coefficient (Wildman–Crippen LogP) is 2.07. The first-order chi connectivity index (χ1) is 8.75. The molecular formula is C14H16O4. The molecule has 0 spiro atoms. The highest BCUT2D eigenvalue weighted by atomic mass is 16.5. The van der Waals surface area contributed by atoms with Crippen molar-refractivity contribution in [1.29, 1.82) is 0 Å². The van der Waals surface area contributed by atoms with E-state index in [-0.39, 0.29) is 24.5 Å². The van der Waals surface area contributed by atoms with Crippen LogP contribution in [-0.4, -0.2) is 18.5 Å². The summed E-state index contributed by atoms with van der Waals surface area (Å²) in [5.41, 5.74) is 0.965. The summed E-state index contributed by atoms with van der Waals surface area (Å²) in [6.07, 6.45) is 1.37. The SMILES string of the molecule is O=C1CCC(C(=O)OCc2ccccc2)CCO1. The Labute approximate surface area is 106 Å². The van der Waals surface area contributed by atoms with Crippen molar-refractivity contribution < 1.29 is 19.1 Å². The van der Waals surface area contributed by atoms with E-state index < -0.39 is 0 Å². The van der Waals surface area contributed by atoms with Gasteiger partial charge in [0, 0.05) is 6.42 Å². The van der Waals surface area contributed by atoms with Crippen molar-refractivity contribution in [3.63, 3.8) is 0 Å². The lowest BCUT2D eigenvalue weighted by Gasteiger charge is -2.12. The van der Waals surface area contributed by atoms with Gasteiger partial charge in [0.15, 0.2) is 0 Å². The van der Waals surface area contributed by atoms with E-state index in [2.05, 4.69) is 0 Å². The van der Waals surface area contributed by atoms with Crippen LogP contribution in [0.15, 0.2) is 30.3 Å². The van der Waals surface area contributed by atoms with Crippen LogP contribution in [0.3, 0.4) is 0 Å². The predicted molar refractivity (Wildman–Crippen MR) is 64.5 cm³/mol. The van der Waals surface area contributed by atoms with Gasteiger partial charge in [0.25, 0.3) is 0 Å². The summed E-state index contributed by atoms with van der Waals surface area (Å²) in [6, 6.07) is 9.54. The van der Waals surface area contributed by atoms with Gasteiger partial charge >= 0.3 is 11.9 Å². The van der Waals surface area contributed by atoms with Crippen molar-refractivity contribution in [1.82, 2.24) is 0 Å². The standard InChI is InChI=1S/C14H16O4/c15-13-7-6-12(8-9-17-13)14(16)18-10-11-4-2-1-3-5-11/h1-5,12H,6-10H2. The fraction of sp³-hybridized carbons (Fsp3) is 0.429. The number of rotatable bonds is 3. The molecule has 1 fully saturated rings. The van der Waals surface area contributed by atoms with E-state index in [9.17, 15) is 9.59 Å². The van der Waals surface area contributed by atoms with Crippen LogP contribution in [0.2, 0.25) is 0 Å². The van der Waals surface area contributed by atoms with Crippen LogP contribution in [0.5, 0.6) is 0 Å². The summed E-state index contributed by atoms with van der Waals surface area (Å²) in [4.78, 5) is 22.9. The quantitative estimate of drug-likeness (QED) is 0.768. The third-order valence-corrected chi connectivity index (χ3v) is 2.98. The second-order valence-corrected chi connectivity index (χ2v) is 4.34. The van der Waals surface area contributed by atoms with Gasteiger partial charge < -0.3 is 9.47 Å². The van der Waals surface area contributed by atoms with Crippen LogP contribution in [0.1, 0.15) is 24.8 Å². The average molecular weight is 248 g/mol. The zero-order valence-corrected chi connectivity index (χ0v) is 10.1. The monoisotopic (exact) mass is 248 g/mol. The second kappa shape index (κ2) is 6.19. The maximum atomic E-state index is 11.8. The normalized spacial score (nSPS) is 19.8. The van der Waals surface area contributed by atoms with Gasteiger partial charge in [-0.2, -0.15) is 0 Å². The maximum Gasteiger partial charge on any atom is 0.309 e. The van der Waals surface area contributed by atoms with Gasteiger partial charge in [-0.05, 0) is 18.4 Å². The van der Waals surface area contributed by atoms with Gasteiger partial charge in [0.05, 0.1) is 12.5 Å². The van der Waals surface area contributed by atoms with E-state index in [0.29, 0.717) is 25.9 Å². The summed E-state index contributed by atoms with van der Waals surface area (Å²) in [7, 11) is 0. The summed E-state index contributed by atoms with van der Waals surface area (Å²) in [5, 5.41) is 0. The number of hydrogen-bond donors (Lipinski definition) is 0. The van der Waals surface area contributed by atoms with Gasteiger partial charge in [-0.1, -0.05) is 30.3 Å². The fourth-order valence-corrected chi connectivity index (χ4v) is 1.91. The zero-order valence-electron chi connectivity index (χ0n) is 10.1. The zero-order chi connectivity index (χ0) is 12.8. The Bertz CT molecular complexity index is 413. The lowest BCUT2D eigenvalue weighted by Crippen LogP contribution is -2.18. The minimum absolute atomic E-state index is 0.222. The van der Waals surface area contributed by atoms with E-state index in [4.69, 9.17) is 9.47 Å². The second-order valence-electron chi connectivity index (χ2n) is 4.34. The molecule has 0 saturated carbocycles. The molecule has 1 aliphatic heterocycles. The van der Waals surface area contributed by atoms with E-state index in [0.717, 1.165) is 5.56 Å². The Hall–Kier alpha value is -1.84. The molecular weight excluding hydrogens is 232 g/mol. The largest absolute Gasteiger partial charge is 0.466 e. The first-order valence-corrected chi connectivity index (χ1v) is 6.12. The number of carbonyl (C=O) groups excluding carboxylic acids is 2. The molecule has 1 heterocycles. The molecule has 1 saturated heterocycles. The van der Waals surface area contributed by atoms with Crippen LogP contribution in [0.25, 0.3) is 0 Å². The highest BCUT2D eigenvalue weighted by Gasteiger charge is 2.24. The Morgan fingerprint density at radius 3 is 2.83 bits per heavy atom. The van der Waals surface area contributed by atoms with Crippen LogP contribution in [0, 0.1) is 5.92 Å². The van der Waals surface area contributed by atoms with E-state index in [1.54, 1.807) is 0 Å². The van der Waals surface area contributed by atoms with Crippen LogP contribution < -0.4 is 0 Å². The fourth-order valence-electron chi connectivity index (χ4n) is 1.91. The highest BCUT2D eigenvalue weighted by molar-refractivity contribution is 5.75. The lowest BCUT2D eigenvalue weighted by molar-refractivity contribution is -0.150. The molecule has 18 heavy (non-hydrogen) atoms. The van der Waals surface area contributed by atoms with Crippen LogP contribution in [0.4, 0.5) is 0 Å². The molecule has 4 nitrogen and oxygen atoms in total. The molecule has 1 aromatic rings. The summed E-state index contributed by atoms with van der Waals surface area (Å²) in [6.45, 7) is 0.592. The summed E-state index contributed by atoms with van der Waals surface area (Å²) >= 11 is 0. The minimum atomic E-state index is -0.239. The Morgan fingerprint density at radius 2 is 2.06 bits per heavy atom. The number of esters is 2. The molecule has 1 aromatic carbocycles. The van der Waals surface area contributed by atoms with Gasteiger partial charge in [-0.25, -0.2) is 0 Å². The Morgan fingerprint density at radius 1 is 1.28 bits per heavy atom. The van der Waals surface area contributed by atoms with Gasteiger partial charge in [0.2, 0.25) is 0 Å². The molecule has 4 heteroatoms. The third kappa shape index (κ3) is 3.58. The summed E-state index contributed by atoms with van der Waals surface area (Å²) in [5.74, 6) is -0.689. The van der Waals surface area contributed by atoms with Crippen molar-refractivity contribution in [2.75, 3.05) is 6.61 Å². The van der Waals surface area contributed by atoms with Crippen molar-refractivity contribution in [3.8, 4) is 0 Å². The molecule has 96 valence electrons. The molecule has 1 aliphatic rings. The van der Waals surface area contributed by atoms with E-state index in [1.807, 2.05) is 30.3 Å². The molecule has 0 N–H and O–H groups in total. The summed E-state index contributed by atoms with van der Waals surface area (Å²) < 4.78 is 10.2. The molecule has 1 atom stereocenters. The van der Waals surface area contributed by atoms with Crippen LogP contribution >= 0.6 is 0 Å². The molecule has 0 aliphatic carbocycles. The molecule has 0 aromatic heterocycles. The van der Waals surface area contributed by atoms with Crippen molar-refractivity contribution >= 4 is 11.9 Å². The number of cyclic esters (lactones) is 1. The topological polar surface area (TPSA) is 52.6 Å². The van der Waals surface area contributed by atoms with Crippen molar-refractivity contribution in [2.45, 2.75) is 25.9 Å². The first kappa shape index (κ1) is 12.6. The number of benzene rings is 1. The molecule has 1 unspecified atom stereocenters. The lowest BCUT2D eigenvalue weighted by atomic mass is 10.0. The Balaban J connectivity index is 1.82. The first-order valence-electron chi connectivity index (χ1n) is 6.12. The highest BCUT2D eigenvalue weighted by Crippen LogP contribution is 2.18. The van der Waals surface area contributed by atoms with Gasteiger partial charge in [-0.15, -0.1) is 0 Å². The van der Waals surface area contributed by atoms with Crippen LogP contribution in [-0.2, 0) is 25.7 Å². The number of hydrogen-bond acceptors (Lipinski definition) is 4. The molecule has 0 bridgehead atoms. The third-order valence-electron chi connectivity index (χ3n) is 2.98. The molecule has 0 amide bonds. The minimum Gasteiger partial charge on any atom is -0.466 e. The maximum absolute atomic E-state index is 11.8. The molecule has 0 radical (unpaired) electrons. The average Bonchev–Trinajstić information content (AvgIpc) is 2.62.